The van der Waals surface area contributed by atoms with Crippen LogP contribution in [0.15, 0.2) is 0 Å². The van der Waals surface area contributed by atoms with Crippen LogP contribution in [0, 0.1) is 0 Å². The van der Waals surface area contributed by atoms with Crippen molar-refractivity contribution in [3.63, 3.8) is 0 Å². The van der Waals surface area contributed by atoms with Crippen LogP contribution in [0.5, 0.6) is 0 Å². The first-order valence-electron chi connectivity index (χ1n) is 5.05. The number of imide groups is 1. The standard InChI is InChI=1S/C9H14N2O5S/c12-7(3-16-4-8(13)14)11-9(15)10-6-1-2-17-5-6/h6H,1-5H2,(H,13,14)(H2,10,11,12,15). The van der Waals surface area contributed by atoms with Crippen LogP contribution in [0.1, 0.15) is 6.42 Å². The maximum absolute atomic E-state index is 11.3. The van der Waals surface area contributed by atoms with E-state index in [1.807, 2.05) is 0 Å². The molecule has 1 saturated heterocycles. The predicted octanol–water partition coefficient (Wildman–Crippen LogP) is -0.581. The number of carbonyl (C=O) groups excluding carboxylic acids is 2. The van der Waals surface area contributed by atoms with Crippen molar-refractivity contribution in [2.24, 2.45) is 0 Å². The SMILES string of the molecule is O=C(O)COCC(=O)NC(=O)NC1CCSC1. The quantitative estimate of drug-likeness (QED) is 0.612. The van der Waals surface area contributed by atoms with Gasteiger partial charge in [0.15, 0.2) is 0 Å². The second-order valence-corrected chi connectivity index (χ2v) is 4.62. The third kappa shape index (κ3) is 6.12. The van der Waals surface area contributed by atoms with Crippen LogP contribution in [0.2, 0.25) is 0 Å². The normalized spacial score (nSPS) is 18.7. The zero-order valence-corrected chi connectivity index (χ0v) is 9.92. The van der Waals surface area contributed by atoms with E-state index in [1.165, 1.54) is 0 Å². The van der Waals surface area contributed by atoms with Crippen molar-refractivity contribution in [2.45, 2.75) is 12.5 Å². The number of amides is 3. The molecule has 0 bridgehead atoms. The largest absolute Gasteiger partial charge is 0.480 e. The van der Waals surface area contributed by atoms with Crippen LogP contribution in [0.25, 0.3) is 0 Å². The highest BCUT2D eigenvalue weighted by molar-refractivity contribution is 7.99. The van der Waals surface area contributed by atoms with E-state index in [2.05, 4.69) is 15.4 Å². The molecule has 7 nitrogen and oxygen atoms in total. The first-order valence-corrected chi connectivity index (χ1v) is 6.21. The van der Waals surface area contributed by atoms with Crippen molar-refractivity contribution < 1.29 is 24.2 Å². The Hall–Kier alpha value is -1.28. The molecule has 3 N–H and O–H groups in total. The second-order valence-electron chi connectivity index (χ2n) is 3.47. The van der Waals surface area contributed by atoms with Crippen LogP contribution >= 0.6 is 11.8 Å². The molecule has 0 spiro atoms. The van der Waals surface area contributed by atoms with Gasteiger partial charge in [-0.25, -0.2) is 9.59 Å². The van der Waals surface area contributed by atoms with Crippen molar-refractivity contribution >= 4 is 29.7 Å². The van der Waals surface area contributed by atoms with E-state index in [9.17, 15) is 14.4 Å². The van der Waals surface area contributed by atoms with Gasteiger partial charge in [-0.3, -0.25) is 10.1 Å². The topological polar surface area (TPSA) is 105 Å². The summed E-state index contributed by atoms with van der Waals surface area (Å²) in [6, 6.07) is -0.478. The van der Waals surface area contributed by atoms with E-state index in [0.717, 1.165) is 17.9 Å². The van der Waals surface area contributed by atoms with Crippen LogP contribution in [0.4, 0.5) is 4.79 Å². The van der Waals surface area contributed by atoms with Gasteiger partial charge in [0.25, 0.3) is 5.91 Å². The highest BCUT2D eigenvalue weighted by Gasteiger charge is 2.18. The molecule has 1 fully saturated rings. The Morgan fingerprint density at radius 3 is 2.71 bits per heavy atom. The molecule has 3 amide bonds. The van der Waals surface area contributed by atoms with Crippen molar-refractivity contribution in [1.82, 2.24) is 10.6 Å². The number of aliphatic carboxylic acids is 1. The van der Waals surface area contributed by atoms with Gasteiger partial charge in [-0.2, -0.15) is 11.8 Å². The number of rotatable bonds is 5. The Morgan fingerprint density at radius 2 is 2.12 bits per heavy atom. The first kappa shape index (κ1) is 13.8. The average Bonchev–Trinajstić information content (AvgIpc) is 2.69. The highest BCUT2D eigenvalue weighted by atomic mass is 32.2. The van der Waals surface area contributed by atoms with Crippen LogP contribution in [0.3, 0.4) is 0 Å². The van der Waals surface area contributed by atoms with Gasteiger partial charge < -0.3 is 15.2 Å². The molecule has 17 heavy (non-hydrogen) atoms. The summed E-state index contributed by atoms with van der Waals surface area (Å²) in [6.07, 6.45) is 0.891. The minimum atomic E-state index is -1.16. The third-order valence-corrected chi connectivity index (χ3v) is 3.14. The summed E-state index contributed by atoms with van der Waals surface area (Å²) in [6.45, 7) is -1.01. The summed E-state index contributed by atoms with van der Waals surface area (Å²) in [5, 5.41) is 13.0. The van der Waals surface area contributed by atoms with E-state index in [1.54, 1.807) is 11.8 Å². The number of carboxylic acids is 1. The van der Waals surface area contributed by atoms with Gasteiger partial charge >= 0.3 is 12.0 Å². The number of hydrogen-bond acceptors (Lipinski definition) is 5. The molecule has 1 aliphatic rings. The van der Waals surface area contributed by atoms with E-state index in [4.69, 9.17) is 5.11 Å². The Labute approximate surface area is 102 Å². The van der Waals surface area contributed by atoms with E-state index in [-0.39, 0.29) is 6.04 Å². The zero-order valence-electron chi connectivity index (χ0n) is 9.10. The number of thioether (sulfide) groups is 1. The smallest absolute Gasteiger partial charge is 0.329 e. The van der Waals surface area contributed by atoms with Gasteiger partial charge in [0, 0.05) is 11.8 Å². The van der Waals surface area contributed by atoms with Gasteiger partial charge in [-0.1, -0.05) is 0 Å². The fourth-order valence-electron chi connectivity index (χ4n) is 1.26. The molecule has 1 atom stereocenters. The molecule has 0 aromatic carbocycles. The molecule has 1 aliphatic heterocycles. The summed E-state index contributed by atoms with van der Waals surface area (Å²) in [5.74, 6) is 0.0252. The van der Waals surface area contributed by atoms with Crippen molar-refractivity contribution in [1.29, 1.82) is 0 Å². The lowest BCUT2D eigenvalue weighted by atomic mass is 10.3. The fourth-order valence-corrected chi connectivity index (χ4v) is 2.42. The van der Waals surface area contributed by atoms with Gasteiger partial charge in [0.05, 0.1) is 0 Å². The first-order chi connectivity index (χ1) is 8.08. The molecule has 1 rings (SSSR count). The van der Waals surface area contributed by atoms with E-state index >= 15 is 0 Å². The summed E-state index contributed by atoms with van der Waals surface area (Å²) in [4.78, 5) is 32.5. The molecular formula is C9H14N2O5S. The molecule has 0 aromatic heterocycles. The molecule has 0 saturated carbocycles. The number of nitrogens with one attached hydrogen (secondary N) is 2. The van der Waals surface area contributed by atoms with Gasteiger partial charge in [0.1, 0.15) is 13.2 Å². The van der Waals surface area contributed by atoms with Crippen molar-refractivity contribution in [2.75, 3.05) is 24.7 Å². The number of carbonyl (C=O) groups is 3. The van der Waals surface area contributed by atoms with Crippen LogP contribution in [-0.2, 0) is 14.3 Å². The fraction of sp³-hybridized carbons (Fsp3) is 0.667. The highest BCUT2D eigenvalue weighted by Crippen LogP contribution is 2.16. The van der Waals surface area contributed by atoms with Gasteiger partial charge in [-0.15, -0.1) is 0 Å². The number of carboxylic acid groups (broad SMARTS) is 1. The number of ether oxygens (including phenoxy) is 1. The molecule has 8 heteroatoms. The minimum absolute atomic E-state index is 0.0905. The lowest BCUT2D eigenvalue weighted by Crippen LogP contribution is -2.45. The summed E-state index contributed by atoms with van der Waals surface area (Å²) >= 11 is 1.74. The molecule has 0 aliphatic carbocycles. The maximum Gasteiger partial charge on any atom is 0.329 e. The van der Waals surface area contributed by atoms with Crippen LogP contribution in [-0.4, -0.2) is 53.8 Å². The van der Waals surface area contributed by atoms with E-state index in [0.29, 0.717) is 0 Å². The monoisotopic (exact) mass is 262 g/mol. The van der Waals surface area contributed by atoms with Crippen molar-refractivity contribution in [3.05, 3.63) is 0 Å². The molecular weight excluding hydrogens is 248 g/mol. The van der Waals surface area contributed by atoms with Crippen molar-refractivity contribution in [3.8, 4) is 0 Å². The van der Waals surface area contributed by atoms with Crippen LogP contribution < -0.4 is 10.6 Å². The summed E-state index contributed by atoms with van der Waals surface area (Å²) in [5.41, 5.74) is 0. The molecule has 0 radical (unpaired) electrons. The number of hydrogen-bond donors (Lipinski definition) is 3. The lowest BCUT2D eigenvalue weighted by Gasteiger charge is -2.11. The summed E-state index contributed by atoms with van der Waals surface area (Å²) in [7, 11) is 0. The Balaban J connectivity index is 2.12. The Bertz CT molecular complexity index is 304. The Morgan fingerprint density at radius 1 is 1.35 bits per heavy atom. The average molecular weight is 262 g/mol. The molecule has 96 valence electrons. The molecule has 0 aromatic rings. The lowest BCUT2D eigenvalue weighted by molar-refractivity contribution is -0.143. The minimum Gasteiger partial charge on any atom is -0.480 e. The van der Waals surface area contributed by atoms with Gasteiger partial charge in [-0.05, 0) is 12.2 Å². The third-order valence-electron chi connectivity index (χ3n) is 1.98. The maximum atomic E-state index is 11.3. The van der Waals surface area contributed by atoms with E-state index < -0.39 is 31.1 Å². The molecule has 1 unspecified atom stereocenters. The second kappa shape index (κ2) is 7.13. The Kier molecular flexibility index (Phi) is 5.78. The zero-order chi connectivity index (χ0) is 12.7. The molecule has 1 heterocycles. The summed E-state index contributed by atoms with van der Waals surface area (Å²) < 4.78 is 4.53. The van der Waals surface area contributed by atoms with Gasteiger partial charge in [0.2, 0.25) is 0 Å². The number of urea groups is 1. The predicted molar refractivity (Wildman–Crippen MR) is 60.9 cm³/mol.